The summed E-state index contributed by atoms with van der Waals surface area (Å²) in [5.41, 5.74) is 2.04. The average Bonchev–Trinajstić information content (AvgIpc) is 3.91. The molecule has 2 saturated carbocycles. The molecule has 1 amide bonds. The number of carbonyl (C=O) groups is 1. The number of rotatable bonds is 13. The van der Waals surface area contributed by atoms with Crippen LogP contribution in [0.15, 0.2) is 71.9 Å². The van der Waals surface area contributed by atoms with Gasteiger partial charge in [0, 0.05) is 62.8 Å². The molecule has 2 aromatic carbocycles. The number of pyridine rings is 2. The van der Waals surface area contributed by atoms with E-state index in [1.807, 2.05) is 4.72 Å². The van der Waals surface area contributed by atoms with Crippen LogP contribution < -0.4 is 19.7 Å². The number of ether oxygens (including phenoxy) is 1. The van der Waals surface area contributed by atoms with E-state index < -0.39 is 54.6 Å². The van der Waals surface area contributed by atoms with Crippen LogP contribution in [0.1, 0.15) is 112 Å². The maximum atomic E-state index is 15.4. The summed E-state index contributed by atoms with van der Waals surface area (Å²) in [5.74, 6) is -2.69. The molecule has 0 radical (unpaired) electrons. The van der Waals surface area contributed by atoms with Gasteiger partial charge in [0.1, 0.15) is 22.1 Å². The highest BCUT2D eigenvalue weighted by atomic mass is 32.2. The van der Waals surface area contributed by atoms with Crippen LogP contribution in [0, 0.1) is 33.2 Å². The van der Waals surface area contributed by atoms with Gasteiger partial charge in [0.25, 0.3) is 21.9 Å². The van der Waals surface area contributed by atoms with E-state index in [0.717, 1.165) is 50.5 Å². The molecule has 350 valence electrons. The normalized spacial score (nSPS) is 23.3. The van der Waals surface area contributed by atoms with E-state index >= 15 is 4.39 Å². The Kier molecular flexibility index (Phi) is 12.3. The summed E-state index contributed by atoms with van der Waals surface area (Å²) in [6, 6.07) is 15.9. The number of aromatic amines is 1. The summed E-state index contributed by atoms with van der Waals surface area (Å²) >= 11 is 0. The molecule has 15 nitrogen and oxygen atoms in total. The van der Waals surface area contributed by atoms with Gasteiger partial charge in [-0.25, -0.2) is 22.5 Å². The van der Waals surface area contributed by atoms with Crippen molar-refractivity contribution in [3.63, 3.8) is 0 Å². The minimum atomic E-state index is -4.76. The molecule has 66 heavy (non-hydrogen) atoms. The van der Waals surface area contributed by atoms with Crippen molar-refractivity contribution in [1.82, 2.24) is 24.6 Å². The zero-order valence-corrected chi connectivity index (χ0v) is 38.2. The molecule has 2 atom stereocenters. The van der Waals surface area contributed by atoms with Gasteiger partial charge in [-0.2, -0.15) is 9.37 Å². The average molecular weight is 927 g/mol. The van der Waals surface area contributed by atoms with Gasteiger partial charge in [0.15, 0.2) is 5.75 Å². The van der Waals surface area contributed by atoms with Gasteiger partial charge in [-0.3, -0.25) is 19.8 Å². The van der Waals surface area contributed by atoms with Gasteiger partial charge in [-0.05, 0) is 111 Å². The van der Waals surface area contributed by atoms with Crippen molar-refractivity contribution >= 4 is 44.2 Å². The summed E-state index contributed by atoms with van der Waals surface area (Å²) in [5, 5.41) is 25.3. The fourth-order valence-corrected chi connectivity index (χ4v) is 11.6. The highest BCUT2D eigenvalue weighted by Crippen LogP contribution is 2.49. The summed E-state index contributed by atoms with van der Waals surface area (Å²) in [7, 11) is -4.76. The number of likely N-dealkylation sites (tertiary alicyclic amines) is 1. The molecule has 5 aromatic rings. The molecule has 2 aliphatic carbocycles. The number of fused-ring (bicyclic) bond motifs is 1. The van der Waals surface area contributed by atoms with Gasteiger partial charge >= 0.3 is 5.69 Å². The highest BCUT2D eigenvalue weighted by molar-refractivity contribution is 7.90. The van der Waals surface area contributed by atoms with Crippen LogP contribution >= 0.6 is 0 Å². The lowest BCUT2D eigenvalue weighted by atomic mass is 9.70. The lowest BCUT2D eigenvalue weighted by Gasteiger charge is -2.57. The molecular formula is C48H56F2N8O7S. The first-order chi connectivity index (χ1) is 31.5. The van der Waals surface area contributed by atoms with Crippen molar-refractivity contribution in [2.24, 2.45) is 11.3 Å². The standard InChI is InChI=1S/C48H56F2N8O7S/c1-29(2)33-7-4-5-8-34(33)35-9-6-10-39(35)57-27-48(28-57)17-19-56(20-18-48)31-11-12-36(41(21-31)65-42-23-37-38(49)26-53-44(37)54-43(42)50)46(59)55-66(63,64)32-22-40(58(61)62)45(52-25-32)51-24-30-13-15-47(3,60)16-14-30/h4-5,7-8,11-12,21-23,25-26,29-30,35,39,60H,6,9-10,13-20,24,27-28H2,1-3H3,(H,51,52)(H,53,54)(H,55,59)/t30-,35-,39-,47-/m0/s1. The van der Waals surface area contributed by atoms with Gasteiger partial charge < -0.3 is 25.0 Å². The molecule has 18 heteroatoms. The third-order valence-electron chi connectivity index (χ3n) is 14.5. The number of benzene rings is 2. The number of piperidine rings is 1. The van der Waals surface area contributed by atoms with E-state index in [2.05, 4.69) is 68.2 Å². The van der Waals surface area contributed by atoms with Gasteiger partial charge in [0.2, 0.25) is 5.82 Å². The van der Waals surface area contributed by atoms with E-state index in [-0.39, 0.29) is 39.5 Å². The molecule has 2 aliphatic heterocycles. The summed E-state index contributed by atoms with van der Waals surface area (Å²) < 4.78 is 65.4. The SMILES string of the molecule is CC(C)c1ccccc1[C@@H]1CCC[C@@H]1N1CC2(CCN(c3ccc(C(=O)NS(=O)(=O)c4cnc(NC[C@H]5CC[C@](C)(O)CC5)c([N+](=O)[O-])c4)c(Oc4cc5c(F)c[nH]c5nc4F)c3)CC2)C1. The Bertz CT molecular complexity index is 2760. The number of aromatic nitrogens is 3. The second-order valence-corrected chi connectivity index (χ2v) is 21.1. The largest absolute Gasteiger partial charge is 0.452 e. The minimum absolute atomic E-state index is 0.0528. The number of nitrogens with one attached hydrogen (secondary N) is 3. The number of H-pyrrole nitrogens is 1. The first-order valence-corrected chi connectivity index (χ1v) is 24.4. The van der Waals surface area contributed by atoms with Crippen LogP contribution in [0.25, 0.3) is 11.0 Å². The fourth-order valence-electron chi connectivity index (χ4n) is 10.7. The Hall–Kier alpha value is -5.72. The second kappa shape index (κ2) is 17.8. The quantitative estimate of drug-likeness (QED) is 0.0499. The summed E-state index contributed by atoms with van der Waals surface area (Å²) in [6.07, 6.45) is 9.99. The van der Waals surface area contributed by atoms with Gasteiger partial charge in [0.05, 0.1) is 27.7 Å². The van der Waals surface area contributed by atoms with Crippen LogP contribution in [0.3, 0.4) is 0 Å². The topological polar surface area (TPSA) is 196 Å². The predicted octanol–water partition coefficient (Wildman–Crippen LogP) is 8.77. The molecule has 1 spiro atoms. The molecular weight excluding hydrogens is 871 g/mol. The van der Waals surface area contributed by atoms with E-state index in [1.54, 1.807) is 13.0 Å². The molecule has 0 bridgehead atoms. The number of hydrogen-bond acceptors (Lipinski definition) is 12. The smallest absolute Gasteiger partial charge is 0.312 e. The van der Waals surface area contributed by atoms with E-state index in [4.69, 9.17) is 4.74 Å². The first-order valence-electron chi connectivity index (χ1n) is 22.9. The number of nitrogens with zero attached hydrogens (tertiary/aromatic N) is 5. The molecule has 4 aliphatic rings. The molecule has 2 saturated heterocycles. The van der Waals surface area contributed by atoms with Gasteiger partial charge in [-0.15, -0.1) is 0 Å². The Morgan fingerprint density at radius 3 is 2.50 bits per heavy atom. The zero-order chi connectivity index (χ0) is 46.5. The number of carbonyl (C=O) groups excluding carboxylic acids is 1. The fraction of sp³-hybridized carbons (Fsp3) is 0.479. The third-order valence-corrected chi connectivity index (χ3v) is 15.8. The number of sulfonamides is 1. The number of aliphatic hydroxyl groups is 1. The van der Waals surface area contributed by atoms with Crippen LogP contribution in [0.5, 0.6) is 11.5 Å². The maximum absolute atomic E-state index is 15.4. The van der Waals surface area contributed by atoms with Crippen LogP contribution in [-0.4, -0.2) is 88.6 Å². The monoisotopic (exact) mass is 926 g/mol. The van der Waals surface area contributed by atoms with E-state index in [9.17, 15) is 32.8 Å². The predicted molar refractivity (Wildman–Crippen MR) is 246 cm³/mol. The Morgan fingerprint density at radius 1 is 1.03 bits per heavy atom. The first kappa shape index (κ1) is 45.4. The summed E-state index contributed by atoms with van der Waals surface area (Å²) in [4.78, 5) is 39.9. The number of amides is 1. The molecule has 3 aromatic heterocycles. The van der Waals surface area contributed by atoms with Crippen molar-refractivity contribution in [3.8, 4) is 11.5 Å². The Morgan fingerprint density at radius 2 is 1.77 bits per heavy atom. The molecule has 4 N–H and O–H groups in total. The Labute approximate surface area is 382 Å². The maximum Gasteiger partial charge on any atom is 0.312 e. The van der Waals surface area contributed by atoms with Gasteiger partial charge in [-0.1, -0.05) is 44.5 Å². The van der Waals surface area contributed by atoms with Crippen molar-refractivity contribution in [3.05, 3.63) is 106 Å². The summed E-state index contributed by atoms with van der Waals surface area (Å²) in [6.45, 7) is 10.1. The van der Waals surface area contributed by atoms with Crippen molar-refractivity contribution in [2.45, 2.75) is 107 Å². The van der Waals surface area contributed by atoms with Crippen LogP contribution in [-0.2, 0) is 10.0 Å². The van der Waals surface area contributed by atoms with Crippen LogP contribution in [0.2, 0.25) is 0 Å². The van der Waals surface area contributed by atoms with Crippen molar-refractivity contribution in [2.75, 3.05) is 42.9 Å². The van der Waals surface area contributed by atoms with E-state index in [0.29, 0.717) is 68.9 Å². The molecule has 4 fully saturated rings. The number of nitro groups is 1. The van der Waals surface area contributed by atoms with Crippen molar-refractivity contribution < 1.29 is 36.8 Å². The van der Waals surface area contributed by atoms with E-state index in [1.165, 1.54) is 42.5 Å². The lowest BCUT2D eigenvalue weighted by Crippen LogP contribution is -2.63. The minimum Gasteiger partial charge on any atom is -0.452 e. The zero-order valence-electron chi connectivity index (χ0n) is 37.4. The number of hydrogen-bond donors (Lipinski definition) is 4. The molecule has 5 heterocycles. The van der Waals surface area contributed by atoms with Crippen molar-refractivity contribution in [1.29, 1.82) is 0 Å². The Balaban J connectivity index is 0.917. The number of anilines is 2. The molecule has 9 rings (SSSR count). The molecule has 0 unspecified atom stereocenters. The number of halogens is 2. The lowest BCUT2D eigenvalue weighted by molar-refractivity contribution is -0.384. The van der Waals surface area contributed by atoms with Crippen LogP contribution in [0.4, 0.5) is 26.0 Å². The third kappa shape index (κ3) is 9.19. The second-order valence-electron chi connectivity index (χ2n) is 19.4. The highest BCUT2D eigenvalue weighted by Gasteiger charge is 2.49.